The molecule has 0 unspecified atom stereocenters. The number of carbonyl (C=O) groups excluding carboxylic acids is 1. The van der Waals surface area contributed by atoms with Crippen LogP contribution in [0.3, 0.4) is 0 Å². The summed E-state index contributed by atoms with van der Waals surface area (Å²) in [6, 6.07) is 10.6. The molecule has 1 heterocycles. The fourth-order valence-corrected chi connectivity index (χ4v) is 1.41. The topological polar surface area (TPSA) is 51.2 Å². The molecule has 0 bridgehead atoms. The molecule has 2 aromatic rings. The Balaban J connectivity index is 2.02. The SMILES string of the molecule is O=C(CCl)Nc1ccc(Oc2cccnc2)cc1. The summed E-state index contributed by atoms with van der Waals surface area (Å²) in [5.41, 5.74) is 0.680. The molecule has 0 fully saturated rings. The van der Waals surface area contributed by atoms with Gasteiger partial charge in [0, 0.05) is 11.9 Å². The molecular formula is C13H11ClN2O2. The van der Waals surface area contributed by atoms with Crippen molar-refractivity contribution in [2.24, 2.45) is 0 Å². The van der Waals surface area contributed by atoms with Crippen LogP contribution < -0.4 is 10.1 Å². The van der Waals surface area contributed by atoms with E-state index in [1.54, 1.807) is 42.7 Å². The highest BCUT2D eigenvalue weighted by molar-refractivity contribution is 6.29. The Bertz CT molecular complexity index is 514. The van der Waals surface area contributed by atoms with Crippen LogP contribution in [0.4, 0.5) is 5.69 Å². The van der Waals surface area contributed by atoms with Gasteiger partial charge >= 0.3 is 0 Å². The predicted octanol–water partition coefficient (Wildman–Crippen LogP) is 3.05. The number of carbonyl (C=O) groups is 1. The van der Waals surface area contributed by atoms with Crippen LogP contribution in [0.2, 0.25) is 0 Å². The first-order valence-electron chi connectivity index (χ1n) is 5.31. The van der Waals surface area contributed by atoms with E-state index in [2.05, 4.69) is 10.3 Å². The summed E-state index contributed by atoms with van der Waals surface area (Å²) >= 11 is 5.40. The number of anilines is 1. The van der Waals surface area contributed by atoms with Gasteiger partial charge in [-0.3, -0.25) is 9.78 Å². The van der Waals surface area contributed by atoms with Crippen LogP contribution in [0, 0.1) is 0 Å². The number of pyridine rings is 1. The number of ether oxygens (including phenoxy) is 1. The van der Waals surface area contributed by atoms with Crippen LogP contribution >= 0.6 is 11.6 Å². The zero-order chi connectivity index (χ0) is 12.8. The molecule has 18 heavy (non-hydrogen) atoms. The molecule has 1 amide bonds. The second-order valence-electron chi connectivity index (χ2n) is 3.50. The van der Waals surface area contributed by atoms with Crippen molar-refractivity contribution in [2.45, 2.75) is 0 Å². The van der Waals surface area contributed by atoms with Gasteiger partial charge in [-0.2, -0.15) is 0 Å². The summed E-state index contributed by atoms with van der Waals surface area (Å²) in [5.74, 6) is 1.04. The first-order valence-corrected chi connectivity index (χ1v) is 5.85. The number of alkyl halides is 1. The molecule has 0 aliphatic carbocycles. The lowest BCUT2D eigenvalue weighted by Crippen LogP contribution is -2.12. The molecule has 0 saturated heterocycles. The normalized spacial score (nSPS) is 9.83. The fraction of sp³-hybridized carbons (Fsp3) is 0.0769. The van der Waals surface area contributed by atoms with E-state index in [1.165, 1.54) is 0 Å². The van der Waals surface area contributed by atoms with Gasteiger partial charge in [0.2, 0.25) is 5.91 Å². The van der Waals surface area contributed by atoms with Gasteiger partial charge in [0.25, 0.3) is 0 Å². The predicted molar refractivity (Wildman–Crippen MR) is 70.1 cm³/mol. The van der Waals surface area contributed by atoms with Gasteiger partial charge in [-0.05, 0) is 36.4 Å². The molecule has 1 aromatic heterocycles. The zero-order valence-electron chi connectivity index (χ0n) is 9.47. The van der Waals surface area contributed by atoms with Gasteiger partial charge in [0.1, 0.15) is 17.4 Å². The van der Waals surface area contributed by atoms with Crippen molar-refractivity contribution >= 4 is 23.2 Å². The lowest BCUT2D eigenvalue weighted by Gasteiger charge is -2.06. The minimum Gasteiger partial charge on any atom is -0.456 e. The van der Waals surface area contributed by atoms with Crippen molar-refractivity contribution < 1.29 is 9.53 Å². The maximum atomic E-state index is 11.1. The number of halogens is 1. The Morgan fingerprint density at radius 1 is 1.22 bits per heavy atom. The average Bonchev–Trinajstić information content (AvgIpc) is 2.42. The third-order valence-electron chi connectivity index (χ3n) is 2.13. The van der Waals surface area contributed by atoms with Crippen LogP contribution in [-0.4, -0.2) is 16.8 Å². The molecule has 2 rings (SSSR count). The average molecular weight is 263 g/mol. The van der Waals surface area contributed by atoms with E-state index in [0.717, 1.165) is 0 Å². The molecule has 0 atom stereocenters. The van der Waals surface area contributed by atoms with Crippen molar-refractivity contribution in [1.82, 2.24) is 4.98 Å². The lowest BCUT2D eigenvalue weighted by atomic mass is 10.3. The summed E-state index contributed by atoms with van der Waals surface area (Å²) in [6.07, 6.45) is 3.31. The number of amides is 1. The van der Waals surface area contributed by atoms with Gasteiger partial charge in [0.15, 0.2) is 0 Å². The van der Waals surface area contributed by atoms with Crippen LogP contribution in [-0.2, 0) is 4.79 Å². The number of nitrogens with zero attached hydrogens (tertiary/aromatic N) is 1. The first kappa shape index (κ1) is 12.4. The molecule has 1 N–H and O–H groups in total. The van der Waals surface area contributed by atoms with E-state index in [9.17, 15) is 4.79 Å². The Morgan fingerprint density at radius 2 is 2.00 bits per heavy atom. The van der Waals surface area contributed by atoms with E-state index < -0.39 is 0 Å². The summed E-state index contributed by atoms with van der Waals surface area (Å²) in [4.78, 5) is 15.0. The zero-order valence-corrected chi connectivity index (χ0v) is 10.2. The Hall–Kier alpha value is -2.07. The van der Waals surface area contributed by atoms with E-state index in [1.807, 2.05) is 6.07 Å². The molecule has 0 aliphatic heterocycles. The van der Waals surface area contributed by atoms with Gasteiger partial charge < -0.3 is 10.1 Å². The highest BCUT2D eigenvalue weighted by atomic mass is 35.5. The number of hydrogen-bond donors (Lipinski definition) is 1. The minimum absolute atomic E-state index is 0.0616. The smallest absolute Gasteiger partial charge is 0.239 e. The van der Waals surface area contributed by atoms with Crippen LogP contribution in [0.5, 0.6) is 11.5 Å². The summed E-state index contributed by atoms with van der Waals surface area (Å²) in [7, 11) is 0. The van der Waals surface area contributed by atoms with Crippen molar-refractivity contribution in [1.29, 1.82) is 0 Å². The highest BCUT2D eigenvalue weighted by Gasteiger charge is 2.01. The van der Waals surface area contributed by atoms with Gasteiger partial charge in [-0.25, -0.2) is 0 Å². The maximum absolute atomic E-state index is 11.1. The lowest BCUT2D eigenvalue weighted by molar-refractivity contribution is -0.113. The Kier molecular flexibility index (Phi) is 4.15. The molecule has 0 radical (unpaired) electrons. The first-order chi connectivity index (χ1) is 8.78. The van der Waals surface area contributed by atoms with Crippen LogP contribution in [0.1, 0.15) is 0 Å². The molecule has 0 spiro atoms. The number of hydrogen-bond acceptors (Lipinski definition) is 3. The second-order valence-corrected chi connectivity index (χ2v) is 3.76. The van der Waals surface area contributed by atoms with Crippen molar-refractivity contribution in [3.63, 3.8) is 0 Å². The van der Waals surface area contributed by atoms with Crippen LogP contribution in [0.25, 0.3) is 0 Å². The third-order valence-corrected chi connectivity index (χ3v) is 2.37. The number of benzene rings is 1. The monoisotopic (exact) mass is 262 g/mol. The summed E-state index contributed by atoms with van der Waals surface area (Å²) < 4.78 is 5.56. The van der Waals surface area contributed by atoms with Crippen molar-refractivity contribution in [3.05, 3.63) is 48.8 Å². The van der Waals surface area contributed by atoms with Gasteiger partial charge in [-0.1, -0.05) is 0 Å². The van der Waals surface area contributed by atoms with Crippen molar-refractivity contribution in [3.8, 4) is 11.5 Å². The third kappa shape index (κ3) is 3.46. The minimum atomic E-state index is -0.238. The standard InChI is InChI=1S/C13H11ClN2O2/c14-8-13(17)16-10-3-5-11(6-4-10)18-12-2-1-7-15-9-12/h1-7,9H,8H2,(H,16,17). The van der Waals surface area contributed by atoms with E-state index in [0.29, 0.717) is 17.2 Å². The molecule has 0 saturated carbocycles. The van der Waals surface area contributed by atoms with E-state index in [4.69, 9.17) is 16.3 Å². The largest absolute Gasteiger partial charge is 0.456 e. The van der Waals surface area contributed by atoms with Crippen LogP contribution in [0.15, 0.2) is 48.8 Å². The molecule has 1 aromatic carbocycles. The molecule has 0 aliphatic rings. The molecule has 5 heteroatoms. The number of aromatic nitrogens is 1. The highest BCUT2D eigenvalue weighted by Crippen LogP contribution is 2.21. The number of nitrogens with one attached hydrogen (secondary N) is 1. The maximum Gasteiger partial charge on any atom is 0.239 e. The van der Waals surface area contributed by atoms with Gasteiger partial charge in [-0.15, -0.1) is 11.6 Å². The summed E-state index contributed by atoms with van der Waals surface area (Å²) in [6.45, 7) is 0. The second kappa shape index (κ2) is 6.02. The Labute approximate surface area is 110 Å². The molecular weight excluding hydrogens is 252 g/mol. The quantitative estimate of drug-likeness (QED) is 0.862. The van der Waals surface area contributed by atoms with Gasteiger partial charge in [0.05, 0.1) is 6.20 Å². The fourth-order valence-electron chi connectivity index (χ4n) is 1.34. The van der Waals surface area contributed by atoms with Crippen molar-refractivity contribution in [2.75, 3.05) is 11.2 Å². The molecule has 92 valence electrons. The summed E-state index contributed by atoms with van der Waals surface area (Å²) in [5, 5.41) is 2.64. The van der Waals surface area contributed by atoms with E-state index in [-0.39, 0.29) is 11.8 Å². The molecule has 4 nitrogen and oxygen atoms in total. The Morgan fingerprint density at radius 3 is 2.61 bits per heavy atom. The number of rotatable bonds is 4. The van der Waals surface area contributed by atoms with E-state index >= 15 is 0 Å².